The lowest BCUT2D eigenvalue weighted by atomic mass is 10.2. The van der Waals surface area contributed by atoms with Crippen LogP contribution in [0.25, 0.3) is 4.96 Å². The number of hydrogen-bond acceptors (Lipinski definition) is 6. The Morgan fingerprint density at radius 1 is 1.60 bits per heavy atom. The standard InChI is InChI=1S/C12H16N4O3S/c1-7(11(18)19)5-15(3)6-9-14-16-10(17)4-8(2)13-12(16)20-9/h4,7H,5-6H2,1-3H3,(H,18,19). The summed E-state index contributed by atoms with van der Waals surface area (Å²) in [6, 6.07) is 1.44. The minimum atomic E-state index is -0.824. The van der Waals surface area contributed by atoms with Crippen molar-refractivity contribution >= 4 is 22.3 Å². The molecule has 0 saturated carbocycles. The van der Waals surface area contributed by atoms with Crippen molar-refractivity contribution in [2.45, 2.75) is 20.4 Å². The molecule has 0 aliphatic rings. The van der Waals surface area contributed by atoms with Crippen LogP contribution in [0.4, 0.5) is 0 Å². The summed E-state index contributed by atoms with van der Waals surface area (Å²) in [6.07, 6.45) is 0. The normalized spacial score (nSPS) is 13.0. The SMILES string of the molecule is Cc1cc(=O)n2nc(CN(C)CC(C)C(=O)O)sc2n1. The molecule has 0 aliphatic carbocycles. The molecule has 108 valence electrons. The molecule has 1 N–H and O–H groups in total. The van der Waals surface area contributed by atoms with E-state index in [1.807, 2.05) is 11.9 Å². The van der Waals surface area contributed by atoms with Gasteiger partial charge in [-0.2, -0.15) is 9.61 Å². The summed E-state index contributed by atoms with van der Waals surface area (Å²) < 4.78 is 1.28. The molecular weight excluding hydrogens is 280 g/mol. The van der Waals surface area contributed by atoms with Gasteiger partial charge in [0.05, 0.1) is 12.5 Å². The Balaban J connectivity index is 2.16. The van der Waals surface area contributed by atoms with Crippen LogP contribution < -0.4 is 5.56 Å². The van der Waals surface area contributed by atoms with E-state index < -0.39 is 11.9 Å². The highest BCUT2D eigenvalue weighted by atomic mass is 32.1. The van der Waals surface area contributed by atoms with Crippen molar-refractivity contribution < 1.29 is 9.90 Å². The van der Waals surface area contributed by atoms with Crippen LogP contribution in [0, 0.1) is 12.8 Å². The van der Waals surface area contributed by atoms with Crippen molar-refractivity contribution in [1.82, 2.24) is 19.5 Å². The van der Waals surface area contributed by atoms with Gasteiger partial charge in [0.2, 0.25) is 4.96 Å². The lowest BCUT2D eigenvalue weighted by Gasteiger charge is -2.17. The van der Waals surface area contributed by atoms with E-state index in [-0.39, 0.29) is 5.56 Å². The summed E-state index contributed by atoms with van der Waals surface area (Å²) in [4.78, 5) is 29.2. The molecule has 2 heterocycles. The van der Waals surface area contributed by atoms with Crippen LogP contribution in [-0.4, -0.2) is 44.2 Å². The van der Waals surface area contributed by atoms with E-state index in [1.54, 1.807) is 13.8 Å². The zero-order chi connectivity index (χ0) is 14.9. The van der Waals surface area contributed by atoms with Gasteiger partial charge < -0.3 is 5.11 Å². The second-order valence-corrected chi connectivity index (χ2v) is 5.90. The predicted octanol–water partition coefficient (Wildman–Crippen LogP) is 0.612. The van der Waals surface area contributed by atoms with Gasteiger partial charge in [-0.25, -0.2) is 4.98 Å². The number of hydrogen-bond donors (Lipinski definition) is 1. The lowest BCUT2D eigenvalue weighted by molar-refractivity contribution is -0.141. The number of fused-ring (bicyclic) bond motifs is 1. The monoisotopic (exact) mass is 296 g/mol. The largest absolute Gasteiger partial charge is 0.481 e. The molecule has 7 nitrogen and oxygen atoms in total. The topological polar surface area (TPSA) is 87.8 Å². The van der Waals surface area contributed by atoms with Gasteiger partial charge in [0, 0.05) is 18.3 Å². The molecule has 8 heteroatoms. The van der Waals surface area contributed by atoms with Crippen LogP contribution in [0.1, 0.15) is 17.6 Å². The maximum absolute atomic E-state index is 11.7. The second-order valence-electron chi connectivity index (χ2n) is 4.86. The van der Waals surface area contributed by atoms with Crippen molar-refractivity contribution in [3.05, 3.63) is 27.1 Å². The van der Waals surface area contributed by atoms with Gasteiger partial charge in [-0.05, 0) is 14.0 Å². The highest BCUT2D eigenvalue weighted by Crippen LogP contribution is 2.13. The van der Waals surface area contributed by atoms with Crippen molar-refractivity contribution in [2.24, 2.45) is 5.92 Å². The quantitative estimate of drug-likeness (QED) is 0.870. The Bertz CT molecular complexity index is 694. The van der Waals surface area contributed by atoms with Crippen LogP contribution in [-0.2, 0) is 11.3 Å². The zero-order valence-corrected chi connectivity index (χ0v) is 12.3. The number of carboxylic acid groups (broad SMARTS) is 1. The van der Waals surface area contributed by atoms with Crippen LogP contribution in [0.3, 0.4) is 0 Å². The first kappa shape index (κ1) is 14.6. The van der Waals surface area contributed by atoms with Gasteiger partial charge in [-0.1, -0.05) is 18.3 Å². The molecule has 2 aromatic rings. The van der Waals surface area contributed by atoms with Crippen LogP contribution in [0.15, 0.2) is 10.9 Å². The minimum absolute atomic E-state index is 0.198. The van der Waals surface area contributed by atoms with Gasteiger partial charge in [0.25, 0.3) is 5.56 Å². The molecule has 0 amide bonds. The highest BCUT2D eigenvalue weighted by molar-refractivity contribution is 7.16. The number of aryl methyl sites for hydroxylation is 1. The van der Waals surface area contributed by atoms with Crippen molar-refractivity contribution in [3.8, 4) is 0 Å². The Hall–Kier alpha value is -1.80. The molecule has 0 fully saturated rings. The molecule has 0 aromatic carbocycles. The Morgan fingerprint density at radius 3 is 2.95 bits per heavy atom. The molecule has 20 heavy (non-hydrogen) atoms. The third kappa shape index (κ3) is 3.20. The smallest absolute Gasteiger partial charge is 0.307 e. The van der Waals surface area contributed by atoms with Crippen LogP contribution in [0.2, 0.25) is 0 Å². The summed E-state index contributed by atoms with van der Waals surface area (Å²) in [6.45, 7) is 4.34. The molecule has 0 bridgehead atoms. The third-order valence-corrected chi connectivity index (χ3v) is 3.72. The van der Waals surface area contributed by atoms with Crippen molar-refractivity contribution in [3.63, 3.8) is 0 Å². The molecule has 2 aromatic heterocycles. The van der Waals surface area contributed by atoms with E-state index in [1.165, 1.54) is 21.9 Å². The fourth-order valence-corrected chi connectivity index (χ4v) is 2.89. The Morgan fingerprint density at radius 2 is 2.30 bits per heavy atom. The average Bonchev–Trinajstić information content (AvgIpc) is 2.71. The van der Waals surface area contributed by atoms with Gasteiger partial charge in [0.15, 0.2) is 0 Å². The number of rotatable bonds is 5. The lowest BCUT2D eigenvalue weighted by Crippen LogP contribution is -2.28. The Kier molecular flexibility index (Phi) is 4.15. The van der Waals surface area contributed by atoms with E-state index in [2.05, 4.69) is 10.1 Å². The first-order valence-electron chi connectivity index (χ1n) is 6.14. The maximum atomic E-state index is 11.7. The number of aromatic nitrogens is 3. The van der Waals surface area contributed by atoms with Crippen molar-refractivity contribution in [1.29, 1.82) is 0 Å². The predicted molar refractivity (Wildman–Crippen MR) is 75.0 cm³/mol. The third-order valence-electron chi connectivity index (χ3n) is 2.83. The fraction of sp³-hybridized carbons (Fsp3) is 0.500. The number of carbonyl (C=O) groups is 1. The molecule has 2 rings (SSSR count). The number of carboxylic acids is 1. The first-order chi connectivity index (χ1) is 9.36. The van der Waals surface area contributed by atoms with E-state index in [4.69, 9.17) is 5.11 Å². The maximum Gasteiger partial charge on any atom is 0.307 e. The number of aliphatic carboxylic acids is 1. The van der Waals surface area contributed by atoms with Gasteiger partial charge in [-0.15, -0.1) is 0 Å². The van der Waals surface area contributed by atoms with Crippen LogP contribution in [0.5, 0.6) is 0 Å². The Labute approximate surface area is 119 Å². The molecule has 1 atom stereocenters. The summed E-state index contributed by atoms with van der Waals surface area (Å²) >= 11 is 1.34. The van der Waals surface area contributed by atoms with Crippen molar-refractivity contribution in [2.75, 3.05) is 13.6 Å². The van der Waals surface area contributed by atoms with Gasteiger partial charge in [0.1, 0.15) is 5.01 Å². The first-order valence-corrected chi connectivity index (χ1v) is 6.96. The van der Waals surface area contributed by atoms with E-state index in [9.17, 15) is 9.59 Å². The molecule has 1 unspecified atom stereocenters. The highest BCUT2D eigenvalue weighted by Gasteiger charge is 2.15. The molecular formula is C12H16N4O3S. The molecule has 0 aliphatic heterocycles. The fourth-order valence-electron chi connectivity index (χ4n) is 1.86. The van der Waals surface area contributed by atoms with E-state index in [0.29, 0.717) is 23.7 Å². The summed E-state index contributed by atoms with van der Waals surface area (Å²) in [7, 11) is 1.83. The zero-order valence-electron chi connectivity index (χ0n) is 11.5. The van der Waals surface area contributed by atoms with E-state index in [0.717, 1.165) is 5.01 Å². The molecule has 0 radical (unpaired) electrons. The molecule has 0 spiro atoms. The van der Waals surface area contributed by atoms with Gasteiger partial charge in [-0.3, -0.25) is 14.5 Å². The summed E-state index contributed by atoms with van der Waals surface area (Å²) in [5.41, 5.74) is 0.467. The average molecular weight is 296 g/mol. The minimum Gasteiger partial charge on any atom is -0.481 e. The van der Waals surface area contributed by atoms with Gasteiger partial charge >= 0.3 is 5.97 Å². The number of nitrogens with zero attached hydrogens (tertiary/aromatic N) is 4. The van der Waals surface area contributed by atoms with Crippen LogP contribution >= 0.6 is 11.3 Å². The molecule has 0 saturated heterocycles. The van der Waals surface area contributed by atoms with E-state index >= 15 is 0 Å². The summed E-state index contributed by atoms with van der Waals surface area (Å²) in [5, 5.41) is 13.8. The second kappa shape index (κ2) is 5.68. The summed E-state index contributed by atoms with van der Waals surface area (Å²) in [5.74, 6) is -1.27.